The first-order valence-electron chi connectivity index (χ1n) is 9.10. The van der Waals surface area contributed by atoms with Gasteiger partial charge in [0.2, 0.25) is 15.9 Å². The molecule has 0 saturated carbocycles. The van der Waals surface area contributed by atoms with Crippen molar-refractivity contribution in [2.24, 2.45) is 0 Å². The van der Waals surface area contributed by atoms with Crippen LogP contribution in [0.3, 0.4) is 0 Å². The van der Waals surface area contributed by atoms with Gasteiger partial charge in [-0.2, -0.15) is 4.31 Å². The molecule has 0 unspecified atom stereocenters. The summed E-state index contributed by atoms with van der Waals surface area (Å²) in [5.74, 6) is -0.186. The number of hydrogen-bond acceptors (Lipinski definition) is 4. The molecule has 152 valence electrons. The second kappa shape index (κ2) is 10.0. The fourth-order valence-corrected chi connectivity index (χ4v) is 4.50. The molecule has 0 aliphatic heterocycles. The third-order valence-electron chi connectivity index (χ3n) is 4.29. The number of carbonyl (C=O) groups is 1. The normalized spacial score (nSPS) is 11.8. The molecule has 0 spiro atoms. The van der Waals surface area contributed by atoms with E-state index < -0.39 is 10.0 Å². The molecule has 8 heteroatoms. The Bertz CT molecular complexity index is 897. The molecule has 0 aliphatic carbocycles. The topological polar surface area (TPSA) is 69.7 Å². The first kappa shape index (κ1) is 22.4. The highest BCUT2D eigenvalue weighted by Crippen LogP contribution is 2.19. The number of benzene rings is 2. The van der Waals surface area contributed by atoms with E-state index in [2.05, 4.69) is 5.32 Å². The Morgan fingerprint density at radius 3 is 2.21 bits per heavy atom. The van der Waals surface area contributed by atoms with Crippen LogP contribution in [0.4, 0.5) is 5.69 Å². The second-order valence-electron chi connectivity index (χ2n) is 6.43. The van der Waals surface area contributed by atoms with E-state index in [9.17, 15) is 13.2 Å². The predicted octanol–water partition coefficient (Wildman–Crippen LogP) is 3.44. The molecule has 0 atom stereocenters. The summed E-state index contributed by atoms with van der Waals surface area (Å²) in [7, 11) is -1.67. The summed E-state index contributed by atoms with van der Waals surface area (Å²) < 4.78 is 26.4. The van der Waals surface area contributed by atoms with Crippen molar-refractivity contribution < 1.29 is 13.2 Å². The van der Waals surface area contributed by atoms with Gasteiger partial charge in [-0.05, 0) is 42.9 Å². The molecule has 0 saturated heterocycles. The summed E-state index contributed by atoms with van der Waals surface area (Å²) in [5.41, 5.74) is 1.50. The maximum absolute atomic E-state index is 12.5. The number of anilines is 1. The quantitative estimate of drug-likeness (QED) is 0.670. The van der Waals surface area contributed by atoms with Crippen LogP contribution in [0.1, 0.15) is 19.4 Å². The van der Waals surface area contributed by atoms with Gasteiger partial charge in [0.25, 0.3) is 0 Å². The molecule has 28 heavy (non-hydrogen) atoms. The molecule has 0 aromatic heterocycles. The van der Waals surface area contributed by atoms with E-state index in [1.54, 1.807) is 26.0 Å². The Morgan fingerprint density at radius 1 is 1.04 bits per heavy atom. The SMILES string of the molecule is CCN(CC)S(=O)(=O)c1ccc(NC(=O)CN(C)Cc2ccccc2Cl)cc1. The maximum atomic E-state index is 12.5. The maximum Gasteiger partial charge on any atom is 0.243 e. The van der Waals surface area contributed by atoms with Crippen LogP contribution in [0.25, 0.3) is 0 Å². The van der Waals surface area contributed by atoms with Crippen molar-refractivity contribution >= 4 is 33.2 Å². The van der Waals surface area contributed by atoms with Crippen LogP contribution in [0.2, 0.25) is 5.02 Å². The molecule has 0 bridgehead atoms. The lowest BCUT2D eigenvalue weighted by molar-refractivity contribution is -0.117. The van der Waals surface area contributed by atoms with E-state index in [0.717, 1.165) is 5.56 Å². The highest BCUT2D eigenvalue weighted by atomic mass is 35.5. The van der Waals surface area contributed by atoms with Crippen LogP contribution >= 0.6 is 11.6 Å². The third-order valence-corrected chi connectivity index (χ3v) is 6.73. The molecular formula is C20H26ClN3O3S. The van der Waals surface area contributed by atoms with Crippen LogP contribution in [0.5, 0.6) is 0 Å². The van der Waals surface area contributed by atoms with E-state index in [-0.39, 0.29) is 17.3 Å². The number of sulfonamides is 1. The van der Waals surface area contributed by atoms with Gasteiger partial charge < -0.3 is 5.32 Å². The lowest BCUT2D eigenvalue weighted by atomic mass is 10.2. The summed E-state index contributed by atoms with van der Waals surface area (Å²) in [6, 6.07) is 13.7. The number of nitrogens with one attached hydrogen (secondary N) is 1. The number of likely N-dealkylation sites (N-methyl/N-ethyl adjacent to an activating group) is 1. The Balaban J connectivity index is 1.96. The minimum atomic E-state index is -3.50. The zero-order valence-electron chi connectivity index (χ0n) is 16.4. The lowest BCUT2D eigenvalue weighted by Gasteiger charge is -2.19. The molecule has 0 fully saturated rings. The fraction of sp³-hybridized carbons (Fsp3) is 0.350. The van der Waals surface area contributed by atoms with Crippen LogP contribution in [0.15, 0.2) is 53.4 Å². The van der Waals surface area contributed by atoms with Crippen molar-refractivity contribution in [1.82, 2.24) is 9.21 Å². The monoisotopic (exact) mass is 423 g/mol. The Hall–Kier alpha value is -1.93. The van der Waals surface area contributed by atoms with Gasteiger partial charge in [0.15, 0.2) is 0 Å². The standard InChI is InChI=1S/C20H26ClN3O3S/c1-4-24(5-2)28(26,27)18-12-10-17(11-13-18)22-20(25)15-23(3)14-16-8-6-7-9-19(16)21/h6-13H,4-5,14-15H2,1-3H3,(H,22,25). The average molecular weight is 424 g/mol. The number of halogens is 1. The van der Waals surface area contributed by atoms with Crippen molar-refractivity contribution in [2.75, 3.05) is 32.0 Å². The summed E-state index contributed by atoms with van der Waals surface area (Å²) in [6.45, 7) is 5.16. The fourth-order valence-electron chi connectivity index (χ4n) is 2.84. The Morgan fingerprint density at radius 2 is 1.64 bits per heavy atom. The molecule has 0 heterocycles. The first-order chi connectivity index (χ1) is 13.3. The third kappa shape index (κ3) is 5.78. The van der Waals surface area contributed by atoms with Crippen LogP contribution in [-0.2, 0) is 21.4 Å². The van der Waals surface area contributed by atoms with Gasteiger partial charge in [-0.15, -0.1) is 0 Å². The van der Waals surface area contributed by atoms with E-state index in [4.69, 9.17) is 11.6 Å². The summed E-state index contributed by atoms with van der Waals surface area (Å²) >= 11 is 6.15. The zero-order valence-corrected chi connectivity index (χ0v) is 17.9. The number of nitrogens with zero attached hydrogens (tertiary/aromatic N) is 2. The molecule has 1 N–H and O–H groups in total. The van der Waals surface area contributed by atoms with Crippen LogP contribution in [-0.4, -0.2) is 50.2 Å². The molecular weight excluding hydrogens is 398 g/mol. The number of rotatable bonds is 9. The van der Waals surface area contributed by atoms with Crippen molar-refractivity contribution in [3.8, 4) is 0 Å². The summed E-state index contributed by atoms with van der Waals surface area (Å²) in [4.78, 5) is 14.3. The van der Waals surface area contributed by atoms with E-state index in [1.165, 1.54) is 16.4 Å². The van der Waals surface area contributed by atoms with E-state index in [1.807, 2.05) is 36.2 Å². The van der Waals surface area contributed by atoms with Crippen molar-refractivity contribution in [1.29, 1.82) is 0 Å². The predicted molar refractivity (Wildman–Crippen MR) is 113 cm³/mol. The van der Waals surface area contributed by atoms with Gasteiger partial charge in [0.05, 0.1) is 11.4 Å². The molecule has 2 aromatic rings. The largest absolute Gasteiger partial charge is 0.325 e. The highest BCUT2D eigenvalue weighted by molar-refractivity contribution is 7.89. The van der Waals surface area contributed by atoms with Gasteiger partial charge in [-0.1, -0.05) is 43.6 Å². The van der Waals surface area contributed by atoms with Gasteiger partial charge in [-0.25, -0.2) is 8.42 Å². The first-order valence-corrected chi connectivity index (χ1v) is 10.9. The van der Waals surface area contributed by atoms with Gasteiger partial charge in [0.1, 0.15) is 0 Å². The zero-order chi connectivity index (χ0) is 20.7. The number of carbonyl (C=O) groups excluding carboxylic acids is 1. The molecule has 6 nitrogen and oxygen atoms in total. The van der Waals surface area contributed by atoms with E-state index >= 15 is 0 Å². The molecule has 2 rings (SSSR count). The Kier molecular flexibility index (Phi) is 8.00. The summed E-state index contributed by atoms with van der Waals surface area (Å²) in [6.07, 6.45) is 0. The summed E-state index contributed by atoms with van der Waals surface area (Å²) in [5, 5.41) is 3.45. The number of hydrogen-bond donors (Lipinski definition) is 1. The van der Waals surface area contributed by atoms with Gasteiger partial charge in [-0.3, -0.25) is 9.69 Å². The van der Waals surface area contributed by atoms with Crippen LogP contribution < -0.4 is 5.32 Å². The smallest absolute Gasteiger partial charge is 0.243 e. The second-order valence-corrected chi connectivity index (χ2v) is 8.77. The molecule has 2 aromatic carbocycles. The highest BCUT2D eigenvalue weighted by Gasteiger charge is 2.21. The Labute approximate surface area is 172 Å². The van der Waals surface area contributed by atoms with Crippen molar-refractivity contribution in [2.45, 2.75) is 25.3 Å². The van der Waals surface area contributed by atoms with Gasteiger partial charge >= 0.3 is 0 Å². The molecule has 0 aliphatic rings. The van der Waals surface area contributed by atoms with Crippen molar-refractivity contribution in [3.63, 3.8) is 0 Å². The van der Waals surface area contributed by atoms with Crippen LogP contribution in [0, 0.1) is 0 Å². The molecule has 1 amide bonds. The molecule has 0 radical (unpaired) electrons. The van der Waals surface area contributed by atoms with Crippen molar-refractivity contribution in [3.05, 3.63) is 59.1 Å². The minimum absolute atomic E-state index is 0.185. The average Bonchev–Trinajstić information content (AvgIpc) is 2.64. The number of amides is 1. The van der Waals surface area contributed by atoms with E-state index in [0.29, 0.717) is 30.3 Å². The lowest BCUT2D eigenvalue weighted by Crippen LogP contribution is -2.31. The van der Waals surface area contributed by atoms with Gasteiger partial charge in [0, 0.05) is 30.3 Å². The minimum Gasteiger partial charge on any atom is -0.325 e.